The second-order valence-corrected chi connectivity index (χ2v) is 4.69. The highest BCUT2D eigenvalue weighted by atomic mass is 16.5. The van der Waals surface area contributed by atoms with Crippen LogP contribution in [0.5, 0.6) is 0 Å². The molecule has 2 atom stereocenters. The van der Waals surface area contributed by atoms with Crippen LogP contribution < -0.4 is 10.6 Å². The summed E-state index contributed by atoms with van der Waals surface area (Å²) < 4.78 is 5.30. The number of hydrogen-bond donors (Lipinski definition) is 2. The first kappa shape index (κ1) is 10.2. The van der Waals surface area contributed by atoms with Crippen LogP contribution in [0.1, 0.15) is 43.4 Å². The lowest BCUT2D eigenvalue weighted by atomic mass is 10.1. The van der Waals surface area contributed by atoms with Gasteiger partial charge >= 0.3 is 0 Å². The lowest BCUT2D eigenvalue weighted by Gasteiger charge is -2.05. The third-order valence-corrected chi connectivity index (χ3v) is 3.44. The number of rotatable bonds is 3. The third-order valence-electron chi connectivity index (χ3n) is 3.44. The van der Waals surface area contributed by atoms with Crippen molar-refractivity contribution in [2.45, 2.75) is 44.2 Å². The molecule has 0 amide bonds. The summed E-state index contributed by atoms with van der Waals surface area (Å²) in [6.07, 6.45) is 5.69. The normalized spacial score (nSPS) is 30.0. The van der Waals surface area contributed by atoms with Gasteiger partial charge in [0.2, 0.25) is 5.89 Å². The maximum absolute atomic E-state index is 5.30. The van der Waals surface area contributed by atoms with Gasteiger partial charge in [-0.3, -0.25) is 0 Å². The topological polar surface area (TPSA) is 63.0 Å². The fraction of sp³-hybridized carbons (Fsp3) is 0.818. The zero-order chi connectivity index (χ0) is 10.8. The van der Waals surface area contributed by atoms with E-state index in [0.717, 1.165) is 37.6 Å². The Morgan fingerprint density at radius 2 is 2.06 bits per heavy atom. The summed E-state index contributed by atoms with van der Waals surface area (Å²) >= 11 is 0. The van der Waals surface area contributed by atoms with E-state index in [1.165, 1.54) is 19.3 Å². The fourth-order valence-electron chi connectivity index (χ4n) is 2.54. The fourth-order valence-corrected chi connectivity index (χ4v) is 2.54. The first-order valence-electron chi connectivity index (χ1n) is 6.21. The van der Waals surface area contributed by atoms with Crippen LogP contribution in [0.4, 0.5) is 0 Å². The molecule has 2 aliphatic heterocycles. The Bertz CT molecular complexity index is 340. The molecule has 1 aromatic heterocycles. The van der Waals surface area contributed by atoms with E-state index in [9.17, 15) is 0 Å². The minimum Gasteiger partial charge on any atom is -0.339 e. The summed E-state index contributed by atoms with van der Waals surface area (Å²) in [5, 5.41) is 10.9. The molecule has 0 radical (unpaired) electrons. The van der Waals surface area contributed by atoms with Gasteiger partial charge in [0.1, 0.15) is 0 Å². The number of nitrogens with zero attached hydrogens (tertiary/aromatic N) is 2. The molecular weight excluding hydrogens is 204 g/mol. The van der Waals surface area contributed by atoms with E-state index in [1.807, 2.05) is 0 Å². The molecule has 5 heteroatoms. The van der Waals surface area contributed by atoms with E-state index in [1.54, 1.807) is 0 Å². The predicted molar refractivity (Wildman–Crippen MR) is 59.0 cm³/mol. The van der Waals surface area contributed by atoms with Gasteiger partial charge in [-0.2, -0.15) is 4.98 Å². The summed E-state index contributed by atoms with van der Waals surface area (Å²) in [6, 6.07) is 0.846. The smallest absolute Gasteiger partial charge is 0.228 e. The Morgan fingerprint density at radius 3 is 2.81 bits per heavy atom. The van der Waals surface area contributed by atoms with Crippen LogP contribution in [-0.2, 0) is 6.42 Å². The molecule has 88 valence electrons. The second-order valence-electron chi connectivity index (χ2n) is 4.69. The van der Waals surface area contributed by atoms with Crippen molar-refractivity contribution >= 4 is 0 Å². The Labute approximate surface area is 95.0 Å². The van der Waals surface area contributed by atoms with Gasteiger partial charge in [0, 0.05) is 12.5 Å². The van der Waals surface area contributed by atoms with Gasteiger partial charge < -0.3 is 15.2 Å². The van der Waals surface area contributed by atoms with E-state index in [-0.39, 0.29) is 0 Å². The molecule has 2 saturated heterocycles. The molecule has 0 aromatic carbocycles. The van der Waals surface area contributed by atoms with Crippen LogP contribution in [0.3, 0.4) is 0 Å². The van der Waals surface area contributed by atoms with Crippen molar-refractivity contribution in [3.8, 4) is 0 Å². The van der Waals surface area contributed by atoms with Crippen molar-refractivity contribution in [2.75, 3.05) is 13.1 Å². The quantitative estimate of drug-likeness (QED) is 0.791. The van der Waals surface area contributed by atoms with Crippen LogP contribution >= 0.6 is 0 Å². The highest BCUT2D eigenvalue weighted by Gasteiger charge is 2.23. The molecule has 5 nitrogen and oxygen atoms in total. The van der Waals surface area contributed by atoms with Crippen molar-refractivity contribution in [2.24, 2.45) is 0 Å². The van der Waals surface area contributed by atoms with Crippen LogP contribution in [0.15, 0.2) is 4.52 Å². The third kappa shape index (κ3) is 2.10. The molecule has 1 aromatic rings. The summed E-state index contributed by atoms with van der Waals surface area (Å²) in [7, 11) is 0. The van der Waals surface area contributed by atoms with Crippen molar-refractivity contribution in [1.29, 1.82) is 0 Å². The molecule has 2 unspecified atom stereocenters. The Balaban J connectivity index is 1.62. The monoisotopic (exact) mass is 222 g/mol. The molecule has 3 heterocycles. The molecule has 2 N–H and O–H groups in total. The van der Waals surface area contributed by atoms with Gasteiger partial charge in [0.25, 0.3) is 0 Å². The minimum atomic E-state index is 0.314. The van der Waals surface area contributed by atoms with E-state index in [4.69, 9.17) is 4.52 Å². The second kappa shape index (κ2) is 4.51. The molecule has 16 heavy (non-hydrogen) atoms. The van der Waals surface area contributed by atoms with Gasteiger partial charge in [-0.05, 0) is 38.8 Å². The molecule has 0 saturated carbocycles. The largest absolute Gasteiger partial charge is 0.339 e. The summed E-state index contributed by atoms with van der Waals surface area (Å²) in [5.74, 6) is 1.62. The van der Waals surface area contributed by atoms with E-state index < -0.39 is 0 Å². The molecule has 0 spiro atoms. The SMILES string of the molecule is C1CNC(Cc2nc(C3CCCN3)no2)C1. The van der Waals surface area contributed by atoms with E-state index >= 15 is 0 Å². The van der Waals surface area contributed by atoms with Crippen LogP contribution in [-0.4, -0.2) is 29.3 Å². The Kier molecular flexibility index (Phi) is 2.88. The molecule has 2 aliphatic rings. The zero-order valence-corrected chi connectivity index (χ0v) is 9.41. The molecule has 2 fully saturated rings. The molecule has 0 aliphatic carbocycles. The lowest BCUT2D eigenvalue weighted by molar-refractivity contribution is 0.356. The van der Waals surface area contributed by atoms with Crippen LogP contribution in [0.25, 0.3) is 0 Å². The average Bonchev–Trinajstić information content (AvgIpc) is 2.99. The predicted octanol–water partition coefficient (Wildman–Crippen LogP) is 0.789. The van der Waals surface area contributed by atoms with Gasteiger partial charge in [-0.1, -0.05) is 5.16 Å². The summed E-state index contributed by atoms with van der Waals surface area (Å²) in [6.45, 7) is 2.19. The van der Waals surface area contributed by atoms with Crippen molar-refractivity contribution in [1.82, 2.24) is 20.8 Å². The lowest BCUT2D eigenvalue weighted by Crippen LogP contribution is -2.23. The highest BCUT2D eigenvalue weighted by molar-refractivity contribution is 4.98. The molecular formula is C11H18N4O. The van der Waals surface area contributed by atoms with E-state index in [2.05, 4.69) is 20.8 Å². The number of nitrogens with one attached hydrogen (secondary N) is 2. The first-order valence-corrected chi connectivity index (χ1v) is 6.21. The van der Waals surface area contributed by atoms with Gasteiger partial charge in [-0.25, -0.2) is 0 Å². The average molecular weight is 222 g/mol. The maximum atomic E-state index is 5.30. The number of hydrogen-bond acceptors (Lipinski definition) is 5. The number of aromatic nitrogens is 2. The first-order chi connectivity index (χ1) is 7.92. The van der Waals surface area contributed by atoms with Crippen molar-refractivity contribution in [3.05, 3.63) is 11.7 Å². The molecule has 0 bridgehead atoms. The van der Waals surface area contributed by atoms with Crippen LogP contribution in [0, 0.1) is 0 Å². The zero-order valence-electron chi connectivity index (χ0n) is 9.41. The van der Waals surface area contributed by atoms with Gasteiger partial charge in [0.05, 0.1) is 6.04 Å². The van der Waals surface area contributed by atoms with Crippen LogP contribution in [0.2, 0.25) is 0 Å². The standard InChI is InChI=1S/C11H18N4O/c1-3-8(12-5-1)7-10-14-11(15-16-10)9-4-2-6-13-9/h8-9,12-13H,1-7H2. The maximum Gasteiger partial charge on any atom is 0.228 e. The summed E-state index contributed by atoms with van der Waals surface area (Å²) in [4.78, 5) is 4.48. The summed E-state index contributed by atoms with van der Waals surface area (Å²) in [5.41, 5.74) is 0. The van der Waals surface area contributed by atoms with Gasteiger partial charge in [0.15, 0.2) is 5.82 Å². The molecule has 3 rings (SSSR count). The van der Waals surface area contributed by atoms with E-state index in [0.29, 0.717) is 12.1 Å². The minimum absolute atomic E-state index is 0.314. The Morgan fingerprint density at radius 1 is 1.19 bits per heavy atom. The van der Waals surface area contributed by atoms with Crippen molar-refractivity contribution < 1.29 is 4.52 Å². The van der Waals surface area contributed by atoms with Crippen molar-refractivity contribution in [3.63, 3.8) is 0 Å². The van der Waals surface area contributed by atoms with Gasteiger partial charge in [-0.15, -0.1) is 0 Å². The highest BCUT2D eigenvalue weighted by Crippen LogP contribution is 2.20. The Hall–Kier alpha value is -0.940.